The maximum Gasteiger partial charge on any atom is 0.252 e. The molecular formula is C24H30N2O6. The van der Waals surface area contributed by atoms with Crippen LogP contribution in [0.15, 0.2) is 12.1 Å². The van der Waals surface area contributed by atoms with E-state index in [-0.39, 0.29) is 12.1 Å². The molecule has 0 aromatic heterocycles. The van der Waals surface area contributed by atoms with Gasteiger partial charge in [-0.2, -0.15) is 0 Å². The van der Waals surface area contributed by atoms with Gasteiger partial charge < -0.3 is 29.8 Å². The van der Waals surface area contributed by atoms with Crippen LogP contribution in [0.2, 0.25) is 0 Å². The molecule has 0 radical (unpaired) electrons. The van der Waals surface area contributed by atoms with Crippen molar-refractivity contribution < 1.29 is 28.8 Å². The van der Waals surface area contributed by atoms with Gasteiger partial charge in [0.2, 0.25) is 5.79 Å². The lowest BCUT2D eigenvalue weighted by molar-refractivity contribution is -0.297. The number of hydrogen-bond donors (Lipinski definition) is 2. The van der Waals surface area contributed by atoms with Gasteiger partial charge in [-0.25, -0.2) is 0 Å². The Bertz CT molecular complexity index is 987. The summed E-state index contributed by atoms with van der Waals surface area (Å²) in [6, 6.07) is 3.74. The van der Waals surface area contributed by atoms with Crippen LogP contribution in [0.1, 0.15) is 53.6 Å². The van der Waals surface area contributed by atoms with Gasteiger partial charge in [0.25, 0.3) is 5.91 Å². The molecule has 1 saturated carbocycles. The third-order valence-electron chi connectivity index (χ3n) is 9.10. The van der Waals surface area contributed by atoms with Crippen molar-refractivity contribution in [2.75, 3.05) is 32.9 Å². The maximum absolute atomic E-state index is 12.5. The highest BCUT2D eigenvalue weighted by Gasteiger charge is 2.77. The molecule has 8 heteroatoms. The normalized spacial score (nSPS) is 41.0. The van der Waals surface area contributed by atoms with Crippen LogP contribution in [-0.4, -0.2) is 78.5 Å². The quantitative estimate of drug-likeness (QED) is 0.716. The number of nitrogens with two attached hydrogens (primary N) is 1. The smallest absolute Gasteiger partial charge is 0.252 e. The summed E-state index contributed by atoms with van der Waals surface area (Å²) in [4.78, 5) is 14.7. The van der Waals surface area contributed by atoms with Gasteiger partial charge in [-0.05, 0) is 50.3 Å². The topological polar surface area (TPSA) is 103 Å². The first-order valence-electron chi connectivity index (χ1n) is 12.0. The van der Waals surface area contributed by atoms with Crippen LogP contribution in [0.3, 0.4) is 0 Å². The number of likely N-dealkylation sites (tertiary alicyclic amines) is 1. The second-order valence-electron chi connectivity index (χ2n) is 10.3. The number of hydrogen-bond acceptors (Lipinski definition) is 7. The number of fused-ring (bicyclic) bond motifs is 1. The Morgan fingerprint density at radius 1 is 1.19 bits per heavy atom. The molecule has 8 nitrogen and oxygen atoms in total. The zero-order valence-corrected chi connectivity index (χ0v) is 18.2. The molecule has 4 aliphatic heterocycles. The van der Waals surface area contributed by atoms with Gasteiger partial charge in [0.05, 0.1) is 35.9 Å². The summed E-state index contributed by atoms with van der Waals surface area (Å²) < 4.78 is 24.9. The lowest BCUT2D eigenvalue weighted by Crippen LogP contribution is -2.79. The maximum atomic E-state index is 12.5. The molecule has 2 spiro atoms. The molecule has 1 amide bonds. The van der Waals surface area contributed by atoms with Gasteiger partial charge in [0, 0.05) is 31.2 Å². The van der Waals surface area contributed by atoms with E-state index < -0.39 is 28.8 Å². The summed E-state index contributed by atoms with van der Waals surface area (Å²) >= 11 is 0. The fraction of sp³-hybridized carbons (Fsp3) is 0.708. The Morgan fingerprint density at radius 3 is 2.78 bits per heavy atom. The largest absolute Gasteiger partial charge is 0.483 e. The Kier molecular flexibility index (Phi) is 3.98. The summed E-state index contributed by atoms with van der Waals surface area (Å²) in [5.74, 6) is -0.873. The van der Waals surface area contributed by atoms with E-state index in [1.165, 1.54) is 0 Å². The summed E-state index contributed by atoms with van der Waals surface area (Å²) in [6.07, 6.45) is 4.48. The highest BCUT2D eigenvalue weighted by atomic mass is 16.8. The molecule has 4 fully saturated rings. The molecule has 2 aliphatic carbocycles. The molecule has 2 bridgehead atoms. The van der Waals surface area contributed by atoms with E-state index in [2.05, 4.69) is 4.90 Å². The fourth-order valence-corrected chi connectivity index (χ4v) is 7.83. The van der Waals surface area contributed by atoms with E-state index in [0.717, 1.165) is 50.1 Å². The molecule has 5 atom stereocenters. The lowest BCUT2D eigenvalue weighted by Gasteiger charge is -2.65. The number of nitrogens with zero attached hydrogens (tertiary/aromatic N) is 1. The van der Waals surface area contributed by atoms with Crippen LogP contribution < -0.4 is 10.5 Å². The first-order valence-corrected chi connectivity index (χ1v) is 12.0. The van der Waals surface area contributed by atoms with Crippen LogP contribution >= 0.6 is 0 Å². The monoisotopic (exact) mass is 442 g/mol. The average molecular weight is 443 g/mol. The van der Waals surface area contributed by atoms with Gasteiger partial charge in [-0.1, -0.05) is 6.07 Å². The van der Waals surface area contributed by atoms with Crippen LogP contribution in [-0.2, 0) is 26.0 Å². The van der Waals surface area contributed by atoms with Crippen LogP contribution in [0.5, 0.6) is 5.75 Å². The van der Waals surface area contributed by atoms with Gasteiger partial charge in [-0.15, -0.1) is 0 Å². The van der Waals surface area contributed by atoms with E-state index >= 15 is 0 Å². The number of benzene rings is 1. The van der Waals surface area contributed by atoms with Crippen molar-refractivity contribution in [2.24, 2.45) is 5.73 Å². The standard InChI is InChI=1S/C24H30N2O6/c25-20(27)16-4-3-14-12-17-23(28)5-6-24(30-10-11-31-24)21-22(23,18(14)19(16)32-21)7-8-26(17)13-15-2-1-9-29-15/h3-4,15,17,21,28H,1-2,5-13H2,(H2,25,27)/t15?,17-,21?,22+,23?/m1/s1. The van der Waals surface area contributed by atoms with Crippen molar-refractivity contribution in [1.82, 2.24) is 4.90 Å². The number of carbonyl (C=O) groups is 1. The Hall–Kier alpha value is -1.71. The third-order valence-corrected chi connectivity index (χ3v) is 9.10. The molecule has 1 aromatic rings. The second kappa shape index (κ2) is 6.45. The SMILES string of the molecule is NC(=O)c1ccc2c3c1OC1C4(CCC5(O)[C@@H](C2)N(CC2CCCO2)CC[C@]315)OCCO4. The van der Waals surface area contributed by atoms with E-state index in [4.69, 9.17) is 24.7 Å². The van der Waals surface area contributed by atoms with E-state index in [0.29, 0.717) is 43.8 Å². The number of primary amides is 1. The molecule has 7 rings (SSSR count). The first kappa shape index (κ1) is 19.7. The Labute approximate surface area is 186 Å². The van der Waals surface area contributed by atoms with Crippen molar-refractivity contribution >= 4 is 5.91 Å². The highest BCUT2D eigenvalue weighted by molar-refractivity contribution is 5.97. The molecule has 32 heavy (non-hydrogen) atoms. The number of aliphatic hydroxyl groups is 1. The third kappa shape index (κ3) is 2.23. The van der Waals surface area contributed by atoms with Crippen molar-refractivity contribution in [2.45, 2.75) is 73.6 Å². The Balaban J connectivity index is 1.40. The van der Waals surface area contributed by atoms with Crippen LogP contribution in [0, 0.1) is 0 Å². The average Bonchev–Trinajstić information content (AvgIpc) is 3.51. The van der Waals surface area contributed by atoms with Crippen LogP contribution in [0.25, 0.3) is 0 Å². The molecule has 3 saturated heterocycles. The molecular weight excluding hydrogens is 412 g/mol. The lowest BCUT2D eigenvalue weighted by atomic mass is 9.48. The minimum Gasteiger partial charge on any atom is -0.483 e. The van der Waals surface area contributed by atoms with Gasteiger partial charge >= 0.3 is 0 Å². The predicted octanol–water partition coefficient (Wildman–Crippen LogP) is 0.862. The molecule has 172 valence electrons. The minimum absolute atomic E-state index is 0.0387. The molecule has 3 unspecified atom stereocenters. The number of amides is 1. The van der Waals surface area contributed by atoms with Gasteiger partial charge in [-0.3, -0.25) is 9.69 Å². The zero-order chi connectivity index (χ0) is 21.7. The predicted molar refractivity (Wildman–Crippen MR) is 113 cm³/mol. The van der Waals surface area contributed by atoms with Crippen molar-refractivity contribution in [1.29, 1.82) is 0 Å². The summed E-state index contributed by atoms with van der Waals surface area (Å²) in [7, 11) is 0. The zero-order valence-electron chi connectivity index (χ0n) is 18.2. The van der Waals surface area contributed by atoms with E-state index in [1.54, 1.807) is 6.07 Å². The molecule has 6 aliphatic rings. The Morgan fingerprint density at radius 2 is 2.03 bits per heavy atom. The molecule has 4 heterocycles. The number of carbonyl (C=O) groups excluding carboxylic acids is 1. The van der Waals surface area contributed by atoms with E-state index in [1.807, 2.05) is 6.07 Å². The van der Waals surface area contributed by atoms with Crippen molar-refractivity contribution in [3.05, 3.63) is 28.8 Å². The second-order valence-corrected chi connectivity index (χ2v) is 10.3. The number of ether oxygens (including phenoxy) is 4. The number of piperidine rings is 1. The summed E-state index contributed by atoms with van der Waals surface area (Å²) in [5, 5.41) is 12.5. The summed E-state index contributed by atoms with van der Waals surface area (Å²) in [5.41, 5.74) is 6.53. The minimum atomic E-state index is -0.996. The van der Waals surface area contributed by atoms with E-state index in [9.17, 15) is 9.90 Å². The van der Waals surface area contributed by atoms with Crippen molar-refractivity contribution in [3.63, 3.8) is 0 Å². The van der Waals surface area contributed by atoms with Gasteiger partial charge in [0.1, 0.15) is 5.75 Å². The summed E-state index contributed by atoms with van der Waals surface area (Å²) in [6.45, 7) is 3.52. The van der Waals surface area contributed by atoms with Gasteiger partial charge in [0.15, 0.2) is 6.10 Å². The van der Waals surface area contributed by atoms with Crippen LogP contribution in [0.4, 0.5) is 0 Å². The molecule has 3 N–H and O–H groups in total. The highest BCUT2D eigenvalue weighted by Crippen LogP contribution is 2.67. The van der Waals surface area contributed by atoms with Crippen molar-refractivity contribution in [3.8, 4) is 5.75 Å². The number of rotatable bonds is 3. The fourth-order valence-electron chi connectivity index (χ4n) is 7.83. The molecule has 1 aromatic carbocycles. The first-order chi connectivity index (χ1) is 15.5.